The number of amides is 1. The molecule has 7 heteroatoms. The summed E-state index contributed by atoms with van der Waals surface area (Å²) in [7, 11) is 0. The van der Waals surface area contributed by atoms with Crippen molar-refractivity contribution in [3.8, 4) is 11.1 Å². The van der Waals surface area contributed by atoms with Crippen LogP contribution in [0.3, 0.4) is 0 Å². The number of hydrogen-bond acceptors (Lipinski definition) is 5. The predicted molar refractivity (Wildman–Crippen MR) is 150 cm³/mol. The fraction of sp³-hybridized carbons (Fsp3) is 0.310. The van der Waals surface area contributed by atoms with Crippen molar-refractivity contribution >= 4 is 38.6 Å². The predicted octanol–water partition coefficient (Wildman–Crippen LogP) is 6.89. The van der Waals surface area contributed by atoms with E-state index in [1.54, 1.807) is 25.5 Å². The molecule has 1 atom stereocenters. The Morgan fingerprint density at radius 3 is 2.42 bits per heavy atom. The number of anilines is 1. The number of rotatable bonds is 5. The first-order valence-corrected chi connectivity index (χ1v) is 13.3. The molecule has 186 valence electrons. The van der Waals surface area contributed by atoms with Crippen molar-refractivity contribution < 1.29 is 4.79 Å². The highest BCUT2D eigenvalue weighted by Gasteiger charge is 2.29. The van der Waals surface area contributed by atoms with Gasteiger partial charge >= 0.3 is 0 Å². The minimum absolute atomic E-state index is 0.0784. The number of fused-ring (bicyclic) bond motifs is 1. The van der Waals surface area contributed by atoms with Crippen LogP contribution in [0.1, 0.15) is 45.2 Å². The second-order valence-electron chi connectivity index (χ2n) is 8.71. The van der Waals surface area contributed by atoms with Crippen LogP contribution in [-0.2, 0) is 4.79 Å². The van der Waals surface area contributed by atoms with E-state index in [0.717, 1.165) is 63.8 Å². The van der Waals surface area contributed by atoms with E-state index in [1.165, 1.54) is 0 Å². The van der Waals surface area contributed by atoms with Crippen LogP contribution in [0.25, 0.3) is 22.2 Å². The lowest BCUT2D eigenvalue weighted by Crippen LogP contribution is -2.39. The molecule has 4 aromatic rings. The van der Waals surface area contributed by atoms with Crippen LogP contribution < -0.4 is 5.32 Å². The molecule has 0 bridgehead atoms. The topological polar surface area (TPSA) is 71.0 Å². The Balaban J connectivity index is 0.00000148. The van der Waals surface area contributed by atoms with Crippen molar-refractivity contribution in [2.75, 3.05) is 18.4 Å². The van der Waals surface area contributed by atoms with Crippen molar-refractivity contribution in [3.05, 3.63) is 83.4 Å². The van der Waals surface area contributed by atoms with E-state index < -0.39 is 0 Å². The number of halogens is 1. The van der Waals surface area contributed by atoms with Gasteiger partial charge in [0.25, 0.3) is 0 Å². The third kappa shape index (κ3) is 5.90. The first-order chi connectivity index (χ1) is 17.6. The standard InChI is InChI=1S/C27H26BrN5O.C2H6/c1-18(34)33-13-8-20(9-14-33)26(21-3-2-10-29-17-21)32-23-15-24(19-4-6-22(28)7-5-19)27-25(16-23)30-11-12-31-27;1-2/h2-7,10-12,15-17,20,26,32H,8-9,13-14H2,1H3;1-2H3. The Morgan fingerprint density at radius 1 is 1.03 bits per heavy atom. The molecule has 3 heterocycles. The van der Waals surface area contributed by atoms with Gasteiger partial charge in [0.15, 0.2) is 0 Å². The van der Waals surface area contributed by atoms with Crippen molar-refractivity contribution in [3.63, 3.8) is 0 Å². The van der Waals surface area contributed by atoms with Crippen LogP contribution in [0.5, 0.6) is 0 Å². The van der Waals surface area contributed by atoms with Gasteiger partial charge in [-0.3, -0.25) is 19.7 Å². The number of piperidine rings is 1. The monoisotopic (exact) mass is 545 g/mol. The molecule has 1 amide bonds. The molecule has 0 spiro atoms. The van der Waals surface area contributed by atoms with Gasteiger partial charge in [0.1, 0.15) is 0 Å². The molecule has 2 aromatic carbocycles. The SMILES string of the molecule is CC.CC(=O)N1CCC(C(Nc2cc(-c3ccc(Br)cc3)c3nccnc3c2)c2cccnc2)CC1. The summed E-state index contributed by atoms with van der Waals surface area (Å²) in [6.45, 7) is 7.22. The Labute approximate surface area is 221 Å². The fourth-order valence-corrected chi connectivity index (χ4v) is 5.03. The molecule has 2 aromatic heterocycles. The van der Waals surface area contributed by atoms with Gasteiger partial charge in [-0.25, -0.2) is 0 Å². The number of aromatic nitrogens is 3. The lowest BCUT2D eigenvalue weighted by Gasteiger charge is -2.36. The van der Waals surface area contributed by atoms with Crippen molar-refractivity contribution in [2.24, 2.45) is 5.92 Å². The van der Waals surface area contributed by atoms with Gasteiger partial charge in [-0.05, 0) is 60.2 Å². The first-order valence-electron chi connectivity index (χ1n) is 12.5. The summed E-state index contributed by atoms with van der Waals surface area (Å²) in [5, 5.41) is 3.80. The highest BCUT2D eigenvalue weighted by Crippen LogP contribution is 2.36. The molecule has 0 aliphatic carbocycles. The van der Waals surface area contributed by atoms with E-state index in [2.05, 4.69) is 66.5 Å². The Kier molecular flexibility index (Phi) is 8.65. The van der Waals surface area contributed by atoms with E-state index in [4.69, 9.17) is 0 Å². The zero-order chi connectivity index (χ0) is 25.5. The molecule has 1 unspecified atom stereocenters. The number of hydrogen-bond donors (Lipinski definition) is 1. The lowest BCUT2D eigenvalue weighted by atomic mass is 9.85. The molecule has 1 N–H and O–H groups in total. The van der Waals surface area contributed by atoms with Gasteiger partial charge in [-0.2, -0.15) is 0 Å². The Bertz CT molecular complexity index is 1290. The summed E-state index contributed by atoms with van der Waals surface area (Å²) in [4.78, 5) is 27.4. The number of nitrogens with one attached hydrogen (secondary N) is 1. The zero-order valence-electron chi connectivity index (χ0n) is 21.0. The first kappa shape index (κ1) is 25.8. The molecule has 36 heavy (non-hydrogen) atoms. The largest absolute Gasteiger partial charge is 0.378 e. The second kappa shape index (κ2) is 12.1. The molecule has 0 radical (unpaired) electrons. The Morgan fingerprint density at radius 2 is 1.75 bits per heavy atom. The minimum atomic E-state index is 0.0784. The van der Waals surface area contributed by atoms with E-state index >= 15 is 0 Å². The number of carbonyl (C=O) groups is 1. The quantitative estimate of drug-likeness (QED) is 0.295. The van der Waals surface area contributed by atoms with Gasteiger partial charge in [-0.1, -0.05) is 48.0 Å². The number of likely N-dealkylation sites (tertiary alicyclic amines) is 1. The highest BCUT2D eigenvalue weighted by molar-refractivity contribution is 9.10. The smallest absolute Gasteiger partial charge is 0.219 e. The number of nitrogens with zero attached hydrogens (tertiary/aromatic N) is 4. The van der Waals surface area contributed by atoms with Crippen molar-refractivity contribution in [1.29, 1.82) is 0 Å². The zero-order valence-corrected chi connectivity index (χ0v) is 22.6. The maximum absolute atomic E-state index is 11.8. The van der Waals surface area contributed by atoms with Gasteiger partial charge in [-0.15, -0.1) is 0 Å². The van der Waals surface area contributed by atoms with Crippen molar-refractivity contribution in [2.45, 2.75) is 39.7 Å². The average molecular weight is 547 g/mol. The molecule has 1 aliphatic heterocycles. The maximum Gasteiger partial charge on any atom is 0.219 e. The molecule has 5 rings (SSSR count). The average Bonchev–Trinajstić information content (AvgIpc) is 2.93. The van der Waals surface area contributed by atoms with Crippen LogP contribution in [0.4, 0.5) is 5.69 Å². The third-order valence-corrected chi connectivity index (χ3v) is 7.08. The summed E-state index contributed by atoms with van der Waals surface area (Å²) in [6, 6.07) is 16.7. The summed E-state index contributed by atoms with van der Waals surface area (Å²) in [5.74, 6) is 0.532. The molecule has 0 saturated carbocycles. The molecule has 1 aliphatic rings. The maximum atomic E-state index is 11.8. The minimum Gasteiger partial charge on any atom is -0.378 e. The fourth-order valence-electron chi connectivity index (χ4n) is 4.77. The van der Waals surface area contributed by atoms with Gasteiger partial charge < -0.3 is 10.2 Å². The number of pyridine rings is 1. The highest BCUT2D eigenvalue weighted by atomic mass is 79.9. The van der Waals surface area contributed by atoms with Gasteiger partial charge in [0, 0.05) is 60.5 Å². The van der Waals surface area contributed by atoms with E-state index in [-0.39, 0.29) is 11.9 Å². The molecule has 1 saturated heterocycles. The Hall–Kier alpha value is -3.32. The summed E-state index contributed by atoms with van der Waals surface area (Å²) < 4.78 is 1.04. The van der Waals surface area contributed by atoms with Crippen LogP contribution in [-0.4, -0.2) is 38.8 Å². The van der Waals surface area contributed by atoms with Crippen LogP contribution in [0.2, 0.25) is 0 Å². The van der Waals surface area contributed by atoms with E-state index in [0.29, 0.717) is 5.92 Å². The van der Waals surface area contributed by atoms with Crippen molar-refractivity contribution in [1.82, 2.24) is 19.9 Å². The normalized spacial score (nSPS) is 14.6. The van der Waals surface area contributed by atoms with Gasteiger partial charge in [0.2, 0.25) is 5.91 Å². The van der Waals surface area contributed by atoms with E-state index in [9.17, 15) is 4.79 Å². The van der Waals surface area contributed by atoms with Gasteiger partial charge in [0.05, 0.1) is 17.1 Å². The second-order valence-corrected chi connectivity index (χ2v) is 9.62. The number of benzene rings is 2. The van der Waals surface area contributed by atoms with Crippen LogP contribution in [0.15, 0.2) is 77.8 Å². The molecular formula is C29H32BrN5O. The van der Waals surface area contributed by atoms with Crippen LogP contribution >= 0.6 is 15.9 Å². The number of carbonyl (C=O) groups excluding carboxylic acids is 1. The molecule has 1 fully saturated rings. The summed E-state index contributed by atoms with van der Waals surface area (Å²) in [6.07, 6.45) is 9.09. The lowest BCUT2D eigenvalue weighted by molar-refractivity contribution is -0.130. The van der Waals surface area contributed by atoms with E-state index in [1.807, 2.05) is 43.1 Å². The van der Waals surface area contributed by atoms with Crippen LogP contribution in [0, 0.1) is 5.92 Å². The molecule has 6 nitrogen and oxygen atoms in total. The molecular weight excluding hydrogens is 514 g/mol. The summed E-state index contributed by atoms with van der Waals surface area (Å²) in [5.41, 5.74) is 5.99. The third-order valence-electron chi connectivity index (χ3n) is 6.55. The summed E-state index contributed by atoms with van der Waals surface area (Å²) >= 11 is 3.53.